The first-order valence-electron chi connectivity index (χ1n) is 0.898. The summed E-state index contributed by atoms with van der Waals surface area (Å²) in [6, 6.07) is 0. The molecule has 6 nitrogen and oxygen atoms in total. The molecule has 0 radical (unpaired) electrons. The fourth-order valence-electron chi connectivity index (χ4n) is 0. The SMILES string of the molecule is O=S(=O)(O)O.OO.[BaH2]. The van der Waals surface area contributed by atoms with Gasteiger partial charge < -0.3 is 0 Å². The number of hydrogen-bond acceptors (Lipinski definition) is 4. The normalized spacial score (nSPS) is 8.00. The summed E-state index contributed by atoms with van der Waals surface area (Å²) in [4.78, 5) is 0. The van der Waals surface area contributed by atoms with Crippen LogP contribution in [-0.4, -0.2) is 76.9 Å². The third kappa shape index (κ3) is 161. The molecule has 0 bridgehead atoms. The molecule has 0 amide bonds. The van der Waals surface area contributed by atoms with Crippen LogP contribution in [0.3, 0.4) is 0 Å². The van der Waals surface area contributed by atoms with Crippen molar-refractivity contribution >= 4 is 59.3 Å². The molecule has 0 aromatic heterocycles. The average molecular weight is 271 g/mol. The van der Waals surface area contributed by atoms with Gasteiger partial charge in [-0.25, -0.2) is 0 Å². The van der Waals surface area contributed by atoms with E-state index in [1.807, 2.05) is 0 Å². The van der Waals surface area contributed by atoms with Crippen molar-refractivity contribution in [3.63, 3.8) is 0 Å². The van der Waals surface area contributed by atoms with E-state index in [1.54, 1.807) is 0 Å². The van der Waals surface area contributed by atoms with Gasteiger partial charge in [-0.2, -0.15) is 8.42 Å². The fraction of sp³-hybridized carbons (Fsp3) is 0. The van der Waals surface area contributed by atoms with Crippen LogP contribution >= 0.6 is 0 Å². The van der Waals surface area contributed by atoms with Crippen LogP contribution in [0.5, 0.6) is 0 Å². The fourth-order valence-corrected chi connectivity index (χ4v) is 0. The van der Waals surface area contributed by atoms with Crippen molar-refractivity contribution in [1.82, 2.24) is 0 Å². The molecule has 0 spiro atoms. The van der Waals surface area contributed by atoms with Crippen molar-refractivity contribution in [1.29, 1.82) is 0 Å². The van der Waals surface area contributed by atoms with Gasteiger partial charge in [0.05, 0.1) is 0 Å². The van der Waals surface area contributed by atoms with Gasteiger partial charge in [-0.05, 0) is 0 Å². The van der Waals surface area contributed by atoms with Crippen molar-refractivity contribution in [2.24, 2.45) is 0 Å². The van der Waals surface area contributed by atoms with Crippen molar-refractivity contribution in [2.45, 2.75) is 0 Å². The number of rotatable bonds is 0. The zero-order valence-electron chi connectivity index (χ0n) is 3.01. The molecule has 0 saturated carbocycles. The van der Waals surface area contributed by atoms with Gasteiger partial charge in [0.1, 0.15) is 0 Å². The second-order valence-electron chi connectivity index (χ2n) is 0.448. The van der Waals surface area contributed by atoms with Crippen molar-refractivity contribution in [2.75, 3.05) is 0 Å². The summed E-state index contributed by atoms with van der Waals surface area (Å²) >= 11 is 0. The summed E-state index contributed by atoms with van der Waals surface area (Å²) in [5, 5.41) is 12.0. The molecule has 0 heterocycles. The average Bonchev–Trinajstić information content (AvgIpc) is 1.36. The van der Waals surface area contributed by atoms with Crippen LogP contribution < -0.4 is 0 Å². The van der Waals surface area contributed by atoms with Gasteiger partial charge in [0.15, 0.2) is 0 Å². The number of hydrogen-bond donors (Lipinski definition) is 4. The van der Waals surface area contributed by atoms with Gasteiger partial charge in [0.2, 0.25) is 0 Å². The Morgan fingerprint density at radius 3 is 1.00 bits per heavy atom. The van der Waals surface area contributed by atoms with Gasteiger partial charge in [-0.1, -0.05) is 0 Å². The Balaban J connectivity index is -0.0000000750. The van der Waals surface area contributed by atoms with E-state index in [-0.39, 0.29) is 48.9 Å². The van der Waals surface area contributed by atoms with Gasteiger partial charge in [0.25, 0.3) is 0 Å². The summed E-state index contributed by atoms with van der Waals surface area (Å²) in [7, 11) is -4.67. The maximum atomic E-state index is 8.74. The summed E-state index contributed by atoms with van der Waals surface area (Å²) < 4.78 is 31.6. The molecule has 0 fully saturated rings. The zero-order valence-corrected chi connectivity index (χ0v) is 3.83. The molecule has 0 aromatic carbocycles. The van der Waals surface area contributed by atoms with Crippen molar-refractivity contribution in [3.05, 3.63) is 0 Å². The Hall–Kier alpha value is 1.36. The molecule has 0 aromatic rings. The van der Waals surface area contributed by atoms with E-state index in [0.29, 0.717) is 0 Å². The van der Waals surface area contributed by atoms with Crippen LogP contribution in [0.15, 0.2) is 0 Å². The molecule has 0 aliphatic heterocycles. The quantitative estimate of drug-likeness (QED) is 0.183. The van der Waals surface area contributed by atoms with Crippen molar-refractivity contribution < 1.29 is 28.0 Å². The zero-order chi connectivity index (χ0) is 6.50. The van der Waals surface area contributed by atoms with E-state index in [2.05, 4.69) is 0 Å². The van der Waals surface area contributed by atoms with Gasteiger partial charge in [-0.15, -0.1) is 0 Å². The second-order valence-corrected chi connectivity index (χ2v) is 1.34. The molecule has 0 unspecified atom stereocenters. The van der Waals surface area contributed by atoms with Crippen molar-refractivity contribution in [3.8, 4) is 0 Å². The Morgan fingerprint density at radius 2 is 1.00 bits per heavy atom. The third-order valence-corrected chi connectivity index (χ3v) is 0. The van der Waals surface area contributed by atoms with Gasteiger partial charge in [0, 0.05) is 0 Å². The monoisotopic (exact) mass is 272 g/mol. The first kappa shape index (κ1) is 16.2. The molecule has 8 heteroatoms. The summed E-state index contributed by atoms with van der Waals surface area (Å²) in [6.07, 6.45) is 0. The Morgan fingerprint density at radius 1 is 1.00 bits per heavy atom. The van der Waals surface area contributed by atoms with Gasteiger partial charge in [-0.3, -0.25) is 19.6 Å². The predicted octanol–water partition coefficient (Wildman–Crippen LogP) is -1.55. The Kier molecular flexibility index (Phi) is 16.9. The molecular weight excluding hydrogens is 265 g/mol. The summed E-state index contributed by atoms with van der Waals surface area (Å²) in [6.45, 7) is 0. The molecule has 0 atom stereocenters. The van der Waals surface area contributed by atoms with E-state index in [0.717, 1.165) is 0 Å². The van der Waals surface area contributed by atoms with E-state index in [1.165, 1.54) is 0 Å². The molecular formula is H6BaO6S. The molecule has 0 aliphatic carbocycles. The third-order valence-electron chi connectivity index (χ3n) is 0. The molecule has 0 rings (SSSR count). The Labute approximate surface area is 86.1 Å². The van der Waals surface area contributed by atoms with E-state index in [4.69, 9.17) is 28.0 Å². The molecule has 50 valence electrons. The predicted molar refractivity (Wildman–Crippen MR) is 28.0 cm³/mol. The Bertz CT molecular complexity index is 91.7. The van der Waals surface area contributed by atoms with Crippen LogP contribution in [0, 0.1) is 0 Å². The molecule has 8 heavy (non-hydrogen) atoms. The first-order valence-corrected chi connectivity index (χ1v) is 2.30. The minimum absolute atomic E-state index is 0. The van der Waals surface area contributed by atoms with E-state index >= 15 is 0 Å². The van der Waals surface area contributed by atoms with Crippen LogP contribution in [-0.2, 0) is 10.4 Å². The maximum absolute atomic E-state index is 8.74. The molecule has 0 saturated heterocycles. The van der Waals surface area contributed by atoms with Crippen LogP contribution in [0.25, 0.3) is 0 Å². The van der Waals surface area contributed by atoms with Crippen LogP contribution in [0.1, 0.15) is 0 Å². The standard InChI is InChI=1S/Ba.H2O4S.H2O2.2H/c;1-5(2,3)4;1-2;;/h;(H2,1,2,3,4);1-2H;;. The van der Waals surface area contributed by atoms with Gasteiger partial charge >= 0.3 is 59.3 Å². The first-order chi connectivity index (χ1) is 3.00. The summed E-state index contributed by atoms with van der Waals surface area (Å²) in [5.74, 6) is 0. The van der Waals surface area contributed by atoms with Crippen LogP contribution in [0.4, 0.5) is 0 Å². The topological polar surface area (TPSA) is 115 Å². The summed E-state index contributed by atoms with van der Waals surface area (Å²) in [5.41, 5.74) is 0. The van der Waals surface area contributed by atoms with Crippen LogP contribution in [0.2, 0.25) is 0 Å². The molecule has 4 N–H and O–H groups in total. The minimum atomic E-state index is -4.67. The molecule has 0 aliphatic rings. The van der Waals surface area contributed by atoms with E-state index in [9.17, 15) is 0 Å². The van der Waals surface area contributed by atoms with E-state index < -0.39 is 10.4 Å². The second kappa shape index (κ2) is 8.36.